The first-order chi connectivity index (χ1) is 19.4. The maximum absolute atomic E-state index is 14.8. The van der Waals surface area contributed by atoms with Gasteiger partial charge in [-0.2, -0.15) is 0 Å². The van der Waals surface area contributed by atoms with Crippen molar-refractivity contribution in [3.05, 3.63) is 65.0 Å². The molecular formula is C31H37FN4O4. The van der Waals surface area contributed by atoms with Gasteiger partial charge in [0.2, 0.25) is 5.88 Å². The lowest BCUT2D eigenvalue weighted by Gasteiger charge is -2.27. The van der Waals surface area contributed by atoms with Crippen LogP contribution in [0.15, 0.2) is 36.7 Å². The van der Waals surface area contributed by atoms with E-state index >= 15 is 0 Å². The van der Waals surface area contributed by atoms with Crippen molar-refractivity contribution < 1.29 is 23.8 Å². The molecule has 3 aliphatic rings. The summed E-state index contributed by atoms with van der Waals surface area (Å²) in [5, 5.41) is 9.27. The van der Waals surface area contributed by atoms with Crippen LogP contribution < -0.4 is 9.47 Å². The van der Waals surface area contributed by atoms with Crippen molar-refractivity contribution in [3.8, 4) is 22.9 Å². The minimum atomic E-state index is -0.819. The van der Waals surface area contributed by atoms with Gasteiger partial charge in [-0.25, -0.2) is 14.4 Å². The predicted octanol–water partition coefficient (Wildman–Crippen LogP) is 5.78. The van der Waals surface area contributed by atoms with E-state index in [0.29, 0.717) is 41.5 Å². The maximum Gasteiger partial charge on any atom is 0.306 e. The quantitative estimate of drug-likeness (QED) is 0.378. The maximum atomic E-state index is 14.8. The van der Waals surface area contributed by atoms with E-state index in [0.717, 1.165) is 61.8 Å². The zero-order valence-corrected chi connectivity index (χ0v) is 23.2. The van der Waals surface area contributed by atoms with Crippen molar-refractivity contribution in [2.75, 3.05) is 20.2 Å². The van der Waals surface area contributed by atoms with Crippen LogP contribution in [0.1, 0.15) is 74.1 Å². The molecule has 1 saturated heterocycles. The van der Waals surface area contributed by atoms with Gasteiger partial charge in [-0.05, 0) is 62.4 Å². The largest absolute Gasteiger partial charge is 0.484 e. The number of nitrogens with zero attached hydrogens (tertiary/aromatic N) is 4. The molecule has 0 bridgehead atoms. The summed E-state index contributed by atoms with van der Waals surface area (Å²) >= 11 is 0. The van der Waals surface area contributed by atoms with Gasteiger partial charge in [0.15, 0.2) is 5.82 Å². The molecule has 2 atom stereocenters. The monoisotopic (exact) mass is 548 g/mol. The molecule has 40 heavy (non-hydrogen) atoms. The van der Waals surface area contributed by atoms with Gasteiger partial charge in [0.25, 0.3) is 0 Å². The second kappa shape index (κ2) is 12.7. The number of aryl methyl sites for hydroxylation is 1. The molecule has 9 heteroatoms. The fourth-order valence-corrected chi connectivity index (χ4v) is 4.99. The third kappa shape index (κ3) is 6.94. The number of ether oxygens (including phenoxy) is 2. The molecule has 6 rings (SSSR count). The number of hydrogen-bond donors (Lipinski definition) is 1. The van der Waals surface area contributed by atoms with Crippen LogP contribution in [0.2, 0.25) is 0 Å². The highest BCUT2D eigenvalue weighted by Crippen LogP contribution is 2.36. The molecule has 1 unspecified atom stereocenters. The predicted molar refractivity (Wildman–Crippen MR) is 149 cm³/mol. The Labute approximate surface area is 234 Å². The molecule has 1 aromatic carbocycles. The van der Waals surface area contributed by atoms with Crippen LogP contribution >= 0.6 is 0 Å². The Balaban J connectivity index is 0.00000101. The molecule has 0 spiro atoms. The van der Waals surface area contributed by atoms with Crippen LogP contribution in [0.5, 0.6) is 11.6 Å². The highest BCUT2D eigenvalue weighted by molar-refractivity contribution is 5.70. The van der Waals surface area contributed by atoms with E-state index in [2.05, 4.69) is 14.9 Å². The molecule has 3 aromatic rings. The molecule has 1 saturated carbocycles. The van der Waals surface area contributed by atoms with E-state index in [-0.39, 0.29) is 6.10 Å². The highest BCUT2D eigenvalue weighted by Gasteiger charge is 2.26. The second-order valence-corrected chi connectivity index (χ2v) is 10.9. The summed E-state index contributed by atoms with van der Waals surface area (Å²) in [6.07, 6.45) is 11.3. The normalized spacial score (nSPS) is 18.6. The van der Waals surface area contributed by atoms with Gasteiger partial charge in [-0.3, -0.25) is 14.7 Å². The molecule has 2 aliphatic heterocycles. The third-order valence-electron chi connectivity index (χ3n) is 7.45. The van der Waals surface area contributed by atoms with Crippen LogP contribution in [-0.4, -0.2) is 51.1 Å². The zero-order valence-electron chi connectivity index (χ0n) is 23.2. The Kier molecular flexibility index (Phi) is 8.89. The number of carboxylic acids is 1. The van der Waals surface area contributed by atoms with Crippen LogP contribution in [0.25, 0.3) is 11.3 Å². The summed E-state index contributed by atoms with van der Waals surface area (Å²) < 4.78 is 26.4. The first-order valence-corrected chi connectivity index (χ1v) is 14.2. The zero-order chi connectivity index (χ0) is 28.1. The number of likely N-dealkylation sites (tertiary alicyclic amines) is 1. The number of halogens is 1. The van der Waals surface area contributed by atoms with Crippen molar-refractivity contribution in [3.63, 3.8) is 0 Å². The number of benzene rings is 1. The molecule has 1 N–H and O–H groups in total. The molecule has 4 heterocycles. The van der Waals surface area contributed by atoms with Crippen molar-refractivity contribution in [2.45, 2.75) is 70.9 Å². The molecule has 2 aromatic heterocycles. The Morgan fingerprint density at radius 3 is 2.62 bits per heavy atom. The topological polar surface area (TPSA) is 97.7 Å². The van der Waals surface area contributed by atoms with Gasteiger partial charge in [0.1, 0.15) is 11.9 Å². The number of pyridine rings is 1. The van der Waals surface area contributed by atoms with Gasteiger partial charge in [0, 0.05) is 18.2 Å². The number of aromatic nitrogens is 3. The molecule has 8 nitrogen and oxygen atoms in total. The van der Waals surface area contributed by atoms with Crippen molar-refractivity contribution in [1.29, 1.82) is 0 Å². The number of aliphatic carboxylic acids is 1. The fourth-order valence-electron chi connectivity index (χ4n) is 4.99. The van der Waals surface area contributed by atoms with Crippen LogP contribution in [-0.2, 0) is 24.2 Å². The average Bonchev–Trinajstić information content (AvgIpc) is 3.77. The summed E-state index contributed by atoms with van der Waals surface area (Å²) in [5.74, 6) is -0.703. The number of hydrogen-bond acceptors (Lipinski definition) is 7. The molecule has 0 amide bonds. The van der Waals surface area contributed by atoms with E-state index in [9.17, 15) is 14.3 Å². The lowest BCUT2D eigenvalue weighted by molar-refractivity contribution is -0.141. The molecule has 212 valence electrons. The number of methoxy groups -OCH3 is 1. The third-order valence-corrected chi connectivity index (χ3v) is 7.45. The second-order valence-electron chi connectivity index (χ2n) is 10.9. The SMILES string of the molecule is C1CC1.COc1cc(-c2ncc(C3CCc4ccc(C[C@H](C)C(=O)O)cc4O3)nc2CN2CCCC2)c(F)cn1. The number of carbonyl (C=O) groups is 1. The lowest BCUT2D eigenvalue weighted by atomic mass is 9.95. The summed E-state index contributed by atoms with van der Waals surface area (Å²) in [6, 6.07) is 7.48. The van der Waals surface area contributed by atoms with Gasteiger partial charge in [-0.1, -0.05) is 38.3 Å². The van der Waals surface area contributed by atoms with Crippen LogP contribution in [0, 0.1) is 11.7 Å². The van der Waals surface area contributed by atoms with Crippen molar-refractivity contribution in [1.82, 2.24) is 19.9 Å². The molecule has 2 fully saturated rings. The van der Waals surface area contributed by atoms with Crippen molar-refractivity contribution >= 4 is 5.97 Å². The average molecular weight is 549 g/mol. The van der Waals surface area contributed by atoms with Gasteiger partial charge < -0.3 is 14.6 Å². The fraction of sp³-hybridized carbons (Fsp3) is 0.484. The summed E-state index contributed by atoms with van der Waals surface area (Å²) in [5.41, 5.74) is 4.21. The van der Waals surface area contributed by atoms with E-state index < -0.39 is 17.7 Å². The van der Waals surface area contributed by atoms with Gasteiger partial charge in [0.05, 0.1) is 42.5 Å². The van der Waals surface area contributed by atoms with Crippen LogP contribution in [0.4, 0.5) is 4.39 Å². The molecule has 0 radical (unpaired) electrons. The Morgan fingerprint density at radius 1 is 1.15 bits per heavy atom. The standard InChI is InChI=1S/C28H31FN4O4.C3H6/c1-17(28(34)35)11-18-5-6-19-7-8-24(37-25(19)12-18)22-15-31-27(20-13-26(36-2)30-14-21(20)29)23(32-22)16-33-9-3-4-10-33;1-2-3-1/h5-6,12-15,17,24H,3-4,7-11,16H2,1-2H3,(H,34,35);1-3H2/t17-,24?;/m0./s1. The van der Waals surface area contributed by atoms with Crippen LogP contribution in [0.3, 0.4) is 0 Å². The smallest absolute Gasteiger partial charge is 0.306 e. The molecular weight excluding hydrogens is 511 g/mol. The Bertz CT molecular complexity index is 1340. The number of carboxylic acid groups (broad SMARTS) is 1. The van der Waals surface area contributed by atoms with E-state index in [1.807, 2.05) is 18.2 Å². The summed E-state index contributed by atoms with van der Waals surface area (Å²) in [6.45, 7) is 4.21. The van der Waals surface area contributed by atoms with Crippen molar-refractivity contribution in [2.24, 2.45) is 5.92 Å². The first kappa shape index (κ1) is 28.0. The van der Waals surface area contributed by atoms with Gasteiger partial charge in [-0.15, -0.1) is 0 Å². The molecule has 1 aliphatic carbocycles. The lowest BCUT2D eigenvalue weighted by Crippen LogP contribution is -2.22. The summed E-state index contributed by atoms with van der Waals surface area (Å²) in [4.78, 5) is 27.2. The number of fused-ring (bicyclic) bond motifs is 1. The minimum Gasteiger partial charge on any atom is -0.484 e. The van der Waals surface area contributed by atoms with Gasteiger partial charge >= 0.3 is 5.97 Å². The van der Waals surface area contributed by atoms with E-state index in [4.69, 9.17) is 14.5 Å². The summed E-state index contributed by atoms with van der Waals surface area (Å²) in [7, 11) is 1.50. The van der Waals surface area contributed by atoms with E-state index in [1.54, 1.807) is 19.2 Å². The number of rotatable bonds is 8. The first-order valence-electron chi connectivity index (χ1n) is 14.2. The Morgan fingerprint density at radius 2 is 1.93 bits per heavy atom. The minimum absolute atomic E-state index is 0.296. The van der Waals surface area contributed by atoms with E-state index in [1.165, 1.54) is 26.4 Å². The Hall–Kier alpha value is -3.59. The highest BCUT2D eigenvalue weighted by atomic mass is 19.1.